The van der Waals surface area contributed by atoms with Gasteiger partial charge in [-0.3, -0.25) is 0 Å². The van der Waals surface area contributed by atoms with Crippen LogP contribution in [0.4, 0.5) is 0 Å². The zero-order valence-corrected chi connectivity index (χ0v) is 20.2. The van der Waals surface area contributed by atoms with Crippen molar-refractivity contribution in [3.8, 4) is 0 Å². The molecule has 2 atom stereocenters. The van der Waals surface area contributed by atoms with E-state index in [1.54, 1.807) is 0 Å². The van der Waals surface area contributed by atoms with Gasteiger partial charge >= 0.3 is 11.9 Å². The van der Waals surface area contributed by atoms with Crippen LogP contribution >= 0.6 is 0 Å². The number of carboxylic acids is 1. The summed E-state index contributed by atoms with van der Waals surface area (Å²) in [6.45, 7) is 16.3. The molecule has 0 saturated heterocycles. The molecule has 0 amide bonds. The van der Waals surface area contributed by atoms with Crippen LogP contribution in [0.5, 0.6) is 0 Å². The summed E-state index contributed by atoms with van der Waals surface area (Å²) < 4.78 is 5.08. The Labute approximate surface area is 186 Å². The van der Waals surface area contributed by atoms with Crippen LogP contribution in [-0.4, -0.2) is 23.7 Å². The fourth-order valence-corrected chi connectivity index (χ4v) is 3.54. The molecular weight excluding hydrogens is 376 g/mol. The predicted octanol–water partition coefficient (Wildman–Crippen LogP) is 7.73. The first kappa shape index (κ1) is 30.6. The van der Waals surface area contributed by atoms with Crippen LogP contribution in [0.25, 0.3) is 0 Å². The van der Waals surface area contributed by atoms with E-state index in [0.29, 0.717) is 30.4 Å². The van der Waals surface area contributed by atoms with Crippen molar-refractivity contribution in [1.82, 2.24) is 0 Å². The average Bonchev–Trinajstić information content (AvgIpc) is 2.72. The second-order valence-corrected chi connectivity index (χ2v) is 8.25. The predicted molar refractivity (Wildman–Crippen MR) is 128 cm³/mol. The molecule has 0 radical (unpaired) electrons. The molecule has 4 heteroatoms. The third-order valence-corrected chi connectivity index (χ3v) is 5.29. The maximum absolute atomic E-state index is 10.9. The van der Waals surface area contributed by atoms with Gasteiger partial charge in [0, 0.05) is 11.6 Å². The topological polar surface area (TPSA) is 63.6 Å². The van der Waals surface area contributed by atoms with Gasteiger partial charge in [0.05, 0.1) is 6.61 Å². The van der Waals surface area contributed by atoms with Crippen molar-refractivity contribution in [2.75, 3.05) is 6.61 Å². The molecule has 0 fully saturated rings. The Morgan fingerprint density at radius 1 is 0.833 bits per heavy atom. The summed E-state index contributed by atoms with van der Waals surface area (Å²) in [4.78, 5) is 21.6. The third-order valence-electron chi connectivity index (χ3n) is 5.29. The van der Waals surface area contributed by atoms with E-state index in [4.69, 9.17) is 9.84 Å². The van der Waals surface area contributed by atoms with Crippen molar-refractivity contribution in [2.24, 2.45) is 11.8 Å². The summed E-state index contributed by atoms with van der Waals surface area (Å²) >= 11 is 0. The fourth-order valence-electron chi connectivity index (χ4n) is 3.54. The highest BCUT2D eigenvalue weighted by Gasteiger charge is 2.13. The smallest absolute Gasteiger partial charge is 0.330 e. The molecule has 2 unspecified atom stereocenters. The first-order valence-electron chi connectivity index (χ1n) is 12.1. The molecule has 0 saturated carbocycles. The quantitative estimate of drug-likeness (QED) is 0.139. The minimum absolute atomic E-state index is 0.299. The van der Waals surface area contributed by atoms with Gasteiger partial charge in [-0.15, -0.1) is 0 Å². The molecule has 0 rings (SSSR count). The molecule has 0 aromatic heterocycles. The van der Waals surface area contributed by atoms with E-state index in [0.717, 1.165) is 32.1 Å². The lowest BCUT2D eigenvalue weighted by atomic mass is 9.90. The van der Waals surface area contributed by atoms with E-state index in [1.807, 2.05) is 0 Å². The Balaban J connectivity index is 0. The molecule has 0 spiro atoms. The van der Waals surface area contributed by atoms with Gasteiger partial charge in [0.25, 0.3) is 0 Å². The standard InChI is InChI=1S/2C13H24O2/c1-4-6-7-9-12(8-5-2)10-11(3)13(14)15;1-4-7-8-10-12(9-5-2)11-15-13(14)6-3/h12H,3-10H2,1-2H3,(H,14,15);6,12H,3-5,7-11H2,1-2H3. The van der Waals surface area contributed by atoms with Crippen molar-refractivity contribution in [3.05, 3.63) is 24.8 Å². The Morgan fingerprint density at radius 3 is 1.77 bits per heavy atom. The van der Waals surface area contributed by atoms with Crippen molar-refractivity contribution in [1.29, 1.82) is 0 Å². The summed E-state index contributed by atoms with van der Waals surface area (Å²) in [7, 11) is 0. The highest BCUT2D eigenvalue weighted by Crippen LogP contribution is 2.22. The molecule has 4 nitrogen and oxygen atoms in total. The number of carbonyl (C=O) groups is 2. The first-order chi connectivity index (χ1) is 14.4. The number of esters is 1. The molecule has 30 heavy (non-hydrogen) atoms. The Bertz CT molecular complexity index is 454. The largest absolute Gasteiger partial charge is 0.478 e. The van der Waals surface area contributed by atoms with Crippen molar-refractivity contribution < 1.29 is 19.4 Å². The first-order valence-corrected chi connectivity index (χ1v) is 12.1. The van der Waals surface area contributed by atoms with Gasteiger partial charge in [0.2, 0.25) is 0 Å². The lowest BCUT2D eigenvalue weighted by Crippen LogP contribution is -2.12. The molecule has 0 aliphatic carbocycles. The molecule has 1 N–H and O–H groups in total. The molecule has 0 aromatic carbocycles. The minimum Gasteiger partial charge on any atom is -0.478 e. The summed E-state index contributed by atoms with van der Waals surface area (Å²) in [5.74, 6) is -0.0891. The molecular formula is C26H48O4. The van der Waals surface area contributed by atoms with Gasteiger partial charge in [-0.2, -0.15) is 0 Å². The third kappa shape index (κ3) is 19.7. The summed E-state index contributed by atoms with van der Waals surface area (Å²) in [5.41, 5.74) is 0.366. The Hall–Kier alpha value is -1.58. The van der Waals surface area contributed by atoms with E-state index < -0.39 is 5.97 Å². The molecule has 0 aliphatic rings. The van der Waals surface area contributed by atoms with Gasteiger partial charge in [0.15, 0.2) is 0 Å². The zero-order valence-electron chi connectivity index (χ0n) is 20.2. The van der Waals surface area contributed by atoms with Gasteiger partial charge in [-0.05, 0) is 31.1 Å². The van der Waals surface area contributed by atoms with Gasteiger partial charge < -0.3 is 9.84 Å². The second-order valence-electron chi connectivity index (χ2n) is 8.25. The highest BCUT2D eigenvalue weighted by molar-refractivity contribution is 5.85. The summed E-state index contributed by atoms with van der Waals surface area (Å²) in [5, 5.41) is 8.77. The monoisotopic (exact) mass is 424 g/mol. The van der Waals surface area contributed by atoms with Crippen LogP contribution in [0.2, 0.25) is 0 Å². The summed E-state index contributed by atoms with van der Waals surface area (Å²) in [6.07, 6.45) is 16.2. The average molecular weight is 425 g/mol. The van der Waals surface area contributed by atoms with Gasteiger partial charge in [-0.25, -0.2) is 9.59 Å². The van der Waals surface area contributed by atoms with Crippen LogP contribution in [0.1, 0.15) is 111 Å². The number of hydrogen-bond acceptors (Lipinski definition) is 3. The number of carbonyl (C=O) groups excluding carboxylic acids is 1. The molecule has 0 aliphatic heterocycles. The number of unbranched alkanes of at least 4 members (excludes halogenated alkanes) is 4. The van der Waals surface area contributed by atoms with Crippen LogP contribution in [0, 0.1) is 11.8 Å². The molecule has 0 heterocycles. The second kappa shape index (κ2) is 22.1. The molecule has 0 bridgehead atoms. The maximum atomic E-state index is 10.9. The van der Waals surface area contributed by atoms with Crippen LogP contribution in [0.15, 0.2) is 24.8 Å². The van der Waals surface area contributed by atoms with Crippen LogP contribution in [0.3, 0.4) is 0 Å². The van der Waals surface area contributed by atoms with Crippen LogP contribution in [-0.2, 0) is 14.3 Å². The zero-order chi connectivity index (χ0) is 23.2. The molecule has 0 aromatic rings. The van der Waals surface area contributed by atoms with E-state index >= 15 is 0 Å². The number of rotatable bonds is 18. The van der Waals surface area contributed by atoms with Crippen molar-refractivity contribution in [2.45, 2.75) is 111 Å². The molecule has 176 valence electrons. The van der Waals surface area contributed by atoms with Crippen molar-refractivity contribution in [3.63, 3.8) is 0 Å². The van der Waals surface area contributed by atoms with E-state index in [2.05, 4.69) is 40.9 Å². The van der Waals surface area contributed by atoms with E-state index in [9.17, 15) is 9.59 Å². The van der Waals surface area contributed by atoms with Gasteiger partial charge in [-0.1, -0.05) is 105 Å². The highest BCUT2D eigenvalue weighted by atomic mass is 16.5. The normalized spacial score (nSPS) is 12.3. The van der Waals surface area contributed by atoms with Gasteiger partial charge in [0.1, 0.15) is 0 Å². The maximum Gasteiger partial charge on any atom is 0.330 e. The van der Waals surface area contributed by atoms with Crippen LogP contribution < -0.4 is 0 Å². The minimum atomic E-state index is -0.841. The number of aliphatic carboxylic acids is 1. The number of ether oxygens (including phenoxy) is 1. The van der Waals surface area contributed by atoms with Crippen molar-refractivity contribution >= 4 is 11.9 Å². The summed E-state index contributed by atoms with van der Waals surface area (Å²) in [6, 6.07) is 0. The SMILES string of the molecule is C=C(CC(CCC)CCCCC)C(=O)O.C=CC(=O)OCC(CCC)CCCCC. The lowest BCUT2D eigenvalue weighted by Gasteiger charge is -2.15. The number of hydrogen-bond donors (Lipinski definition) is 1. The Kier molecular flexibility index (Phi) is 22.6. The fraction of sp³-hybridized carbons (Fsp3) is 0.769. The van der Waals surface area contributed by atoms with E-state index in [-0.39, 0.29) is 5.97 Å². The lowest BCUT2D eigenvalue weighted by molar-refractivity contribution is -0.139. The Morgan fingerprint density at radius 2 is 1.33 bits per heavy atom. The van der Waals surface area contributed by atoms with E-state index in [1.165, 1.54) is 51.0 Å². The number of carboxylic acid groups (broad SMARTS) is 1.